The SMILES string of the molecule is Cc1noc(C)c1C(C=O)N(C)C(=O)OC(C)(C)C. The summed E-state index contributed by atoms with van der Waals surface area (Å²) in [6, 6.07) is -0.763. The molecule has 1 amide bonds. The number of aryl methyl sites for hydroxylation is 2. The maximum absolute atomic E-state index is 12.0. The van der Waals surface area contributed by atoms with E-state index >= 15 is 0 Å². The number of aldehydes is 1. The zero-order valence-electron chi connectivity index (χ0n) is 12.2. The van der Waals surface area contributed by atoms with Crippen LogP contribution in [0.1, 0.15) is 43.8 Å². The fourth-order valence-corrected chi connectivity index (χ4v) is 1.71. The molecule has 0 aliphatic carbocycles. The van der Waals surface area contributed by atoms with Gasteiger partial charge in [-0.1, -0.05) is 5.16 Å². The summed E-state index contributed by atoms with van der Waals surface area (Å²) in [6.07, 6.45) is 0.112. The zero-order valence-corrected chi connectivity index (χ0v) is 12.2. The number of likely N-dealkylation sites (N-methyl/N-ethyl adjacent to an activating group) is 1. The highest BCUT2D eigenvalue weighted by molar-refractivity contribution is 5.75. The molecule has 0 saturated carbocycles. The van der Waals surface area contributed by atoms with Gasteiger partial charge in [0.05, 0.1) is 5.69 Å². The van der Waals surface area contributed by atoms with Crippen molar-refractivity contribution in [3.05, 3.63) is 17.0 Å². The van der Waals surface area contributed by atoms with Crippen molar-refractivity contribution >= 4 is 12.4 Å². The zero-order chi connectivity index (χ0) is 14.8. The van der Waals surface area contributed by atoms with E-state index in [9.17, 15) is 9.59 Å². The highest BCUT2D eigenvalue weighted by Gasteiger charge is 2.30. The molecule has 1 unspecified atom stereocenters. The Kier molecular flexibility index (Phi) is 4.34. The monoisotopic (exact) mass is 268 g/mol. The van der Waals surface area contributed by atoms with Crippen LogP contribution in [0, 0.1) is 13.8 Å². The van der Waals surface area contributed by atoms with Gasteiger partial charge in [-0.25, -0.2) is 4.79 Å². The van der Waals surface area contributed by atoms with Gasteiger partial charge in [0.25, 0.3) is 0 Å². The molecule has 106 valence electrons. The number of carbonyl (C=O) groups is 2. The third-order valence-electron chi connectivity index (χ3n) is 2.61. The van der Waals surface area contributed by atoms with E-state index in [0.29, 0.717) is 23.3 Å². The molecule has 6 heteroatoms. The molecule has 1 aromatic heterocycles. The lowest BCUT2D eigenvalue weighted by Gasteiger charge is -2.27. The molecule has 6 nitrogen and oxygen atoms in total. The van der Waals surface area contributed by atoms with E-state index < -0.39 is 17.7 Å². The first kappa shape index (κ1) is 15.2. The fourth-order valence-electron chi connectivity index (χ4n) is 1.71. The summed E-state index contributed by atoms with van der Waals surface area (Å²) >= 11 is 0. The minimum atomic E-state index is -0.763. The first-order valence-corrected chi connectivity index (χ1v) is 6.01. The van der Waals surface area contributed by atoms with Gasteiger partial charge in [0.15, 0.2) is 0 Å². The van der Waals surface area contributed by atoms with Gasteiger partial charge in [-0.05, 0) is 34.6 Å². The van der Waals surface area contributed by atoms with E-state index in [1.54, 1.807) is 34.6 Å². The van der Waals surface area contributed by atoms with Crippen LogP contribution in [0.2, 0.25) is 0 Å². The lowest BCUT2D eigenvalue weighted by Crippen LogP contribution is -2.37. The molecule has 0 N–H and O–H groups in total. The smallest absolute Gasteiger partial charge is 0.410 e. The molecular formula is C13H20N2O4. The first-order chi connectivity index (χ1) is 8.67. The third kappa shape index (κ3) is 3.56. The van der Waals surface area contributed by atoms with Gasteiger partial charge < -0.3 is 14.1 Å². The minimum Gasteiger partial charge on any atom is -0.444 e. The molecule has 1 aromatic rings. The molecule has 1 rings (SSSR count). The summed E-state index contributed by atoms with van der Waals surface area (Å²) < 4.78 is 10.3. The molecule has 1 heterocycles. The molecule has 19 heavy (non-hydrogen) atoms. The van der Waals surface area contributed by atoms with E-state index in [4.69, 9.17) is 9.26 Å². The Hall–Kier alpha value is -1.85. The second-order valence-electron chi connectivity index (χ2n) is 5.41. The third-order valence-corrected chi connectivity index (χ3v) is 2.61. The normalized spacial score (nSPS) is 12.9. The lowest BCUT2D eigenvalue weighted by molar-refractivity contribution is -0.112. The highest BCUT2D eigenvalue weighted by Crippen LogP contribution is 2.25. The van der Waals surface area contributed by atoms with Crippen LogP contribution in [0.15, 0.2) is 4.52 Å². The molecule has 0 aliphatic heterocycles. The number of nitrogens with zero attached hydrogens (tertiary/aromatic N) is 2. The van der Waals surface area contributed by atoms with Crippen molar-refractivity contribution in [1.29, 1.82) is 0 Å². The van der Waals surface area contributed by atoms with Crippen molar-refractivity contribution in [3.8, 4) is 0 Å². The van der Waals surface area contributed by atoms with Crippen molar-refractivity contribution in [2.24, 2.45) is 0 Å². The van der Waals surface area contributed by atoms with Gasteiger partial charge in [0, 0.05) is 12.6 Å². The number of amides is 1. The van der Waals surface area contributed by atoms with Crippen LogP contribution in [-0.2, 0) is 9.53 Å². The van der Waals surface area contributed by atoms with Gasteiger partial charge in [0.2, 0.25) is 0 Å². The predicted molar refractivity (Wildman–Crippen MR) is 68.8 cm³/mol. The largest absolute Gasteiger partial charge is 0.444 e. The highest BCUT2D eigenvalue weighted by atomic mass is 16.6. The fraction of sp³-hybridized carbons (Fsp3) is 0.615. The summed E-state index contributed by atoms with van der Waals surface area (Å²) in [5.41, 5.74) is 0.575. The molecule has 0 fully saturated rings. The van der Waals surface area contributed by atoms with E-state index in [2.05, 4.69) is 5.16 Å². The standard InChI is InChI=1S/C13H20N2O4/c1-8-11(9(2)19-14-8)10(7-16)15(6)12(17)18-13(3,4)5/h7,10H,1-6H3. The van der Waals surface area contributed by atoms with Crippen molar-refractivity contribution in [2.75, 3.05) is 7.05 Å². The predicted octanol–water partition coefficient (Wildman–Crippen LogP) is 2.40. The van der Waals surface area contributed by atoms with E-state index in [0.717, 1.165) is 0 Å². The van der Waals surface area contributed by atoms with Gasteiger partial charge >= 0.3 is 6.09 Å². The Balaban J connectivity index is 2.98. The summed E-state index contributed by atoms with van der Waals surface area (Å²) in [5, 5.41) is 3.79. The van der Waals surface area contributed by atoms with Crippen LogP contribution < -0.4 is 0 Å². The van der Waals surface area contributed by atoms with Gasteiger partial charge in [0.1, 0.15) is 23.7 Å². The number of carbonyl (C=O) groups excluding carboxylic acids is 2. The van der Waals surface area contributed by atoms with Crippen LogP contribution in [0.25, 0.3) is 0 Å². The number of ether oxygens (including phenoxy) is 1. The number of hydrogen-bond acceptors (Lipinski definition) is 5. The maximum atomic E-state index is 12.0. The molecule has 0 radical (unpaired) electrons. The average molecular weight is 268 g/mol. The van der Waals surface area contributed by atoms with Crippen LogP contribution in [0.3, 0.4) is 0 Å². The Bertz CT molecular complexity index is 454. The number of hydrogen-bond donors (Lipinski definition) is 0. The van der Waals surface area contributed by atoms with E-state index in [1.165, 1.54) is 11.9 Å². The van der Waals surface area contributed by atoms with E-state index in [-0.39, 0.29) is 0 Å². The Morgan fingerprint density at radius 1 is 1.42 bits per heavy atom. The Morgan fingerprint density at radius 2 is 2.00 bits per heavy atom. The first-order valence-electron chi connectivity index (χ1n) is 6.01. The Morgan fingerprint density at radius 3 is 2.37 bits per heavy atom. The summed E-state index contributed by atoms with van der Waals surface area (Å²) in [5.74, 6) is 0.519. The Labute approximate surface area is 112 Å². The molecule has 0 spiro atoms. The van der Waals surface area contributed by atoms with Gasteiger partial charge in [-0.2, -0.15) is 0 Å². The summed E-state index contributed by atoms with van der Waals surface area (Å²) in [6.45, 7) is 8.74. The van der Waals surface area contributed by atoms with Crippen molar-refractivity contribution < 1.29 is 18.8 Å². The molecule has 0 aliphatic rings. The molecular weight excluding hydrogens is 248 g/mol. The molecule has 0 bridgehead atoms. The summed E-state index contributed by atoms with van der Waals surface area (Å²) in [4.78, 5) is 24.5. The van der Waals surface area contributed by atoms with Crippen molar-refractivity contribution in [3.63, 3.8) is 0 Å². The van der Waals surface area contributed by atoms with E-state index in [1.807, 2.05) is 0 Å². The molecule has 1 atom stereocenters. The average Bonchev–Trinajstić information content (AvgIpc) is 2.59. The van der Waals surface area contributed by atoms with Crippen LogP contribution in [0.5, 0.6) is 0 Å². The number of aromatic nitrogens is 1. The van der Waals surface area contributed by atoms with Crippen LogP contribution in [0.4, 0.5) is 4.79 Å². The molecule has 0 aromatic carbocycles. The lowest BCUT2D eigenvalue weighted by atomic mass is 10.1. The summed E-state index contributed by atoms with van der Waals surface area (Å²) in [7, 11) is 1.51. The van der Waals surface area contributed by atoms with Gasteiger partial charge in [-0.15, -0.1) is 0 Å². The maximum Gasteiger partial charge on any atom is 0.410 e. The van der Waals surface area contributed by atoms with Crippen molar-refractivity contribution in [2.45, 2.75) is 46.3 Å². The topological polar surface area (TPSA) is 72.6 Å². The van der Waals surface area contributed by atoms with Gasteiger partial charge in [-0.3, -0.25) is 4.90 Å². The minimum absolute atomic E-state index is 0.519. The molecule has 0 saturated heterocycles. The number of rotatable bonds is 3. The van der Waals surface area contributed by atoms with Crippen molar-refractivity contribution in [1.82, 2.24) is 10.1 Å². The van der Waals surface area contributed by atoms with Crippen LogP contribution >= 0.6 is 0 Å². The quantitative estimate of drug-likeness (QED) is 0.787. The second-order valence-corrected chi connectivity index (χ2v) is 5.41. The van der Waals surface area contributed by atoms with Crippen LogP contribution in [-0.4, -0.2) is 35.1 Å². The second kappa shape index (κ2) is 5.42.